The molecule has 1 atom stereocenters. The van der Waals surface area contributed by atoms with Gasteiger partial charge in [0.05, 0.1) is 0 Å². The Bertz CT molecular complexity index is 437. The van der Waals surface area contributed by atoms with E-state index in [-0.39, 0.29) is 23.6 Å². The van der Waals surface area contributed by atoms with Crippen LogP contribution in [0.3, 0.4) is 0 Å². The standard InChI is InChI=1S/C16H25FN2.ClH/c1-12-11-13(5-6-14(12)17)15(16(2,3)4)19-9-7-18-8-10-19;/h5-6,11,15,18H,7-10H2,1-4H3;1H/t15-;/m0./s1. The summed E-state index contributed by atoms with van der Waals surface area (Å²) in [6.45, 7) is 12.8. The van der Waals surface area contributed by atoms with Crippen molar-refractivity contribution in [2.24, 2.45) is 5.41 Å². The highest BCUT2D eigenvalue weighted by atomic mass is 35.5. The van der Waals surface area contributed by atoms with E-state index in [0.29, 0.717) is 6.04 Å². The fourth-order valence-electron chi connectivity index (χ4n) is 3.04. The lowest BCUT2D eigenvalue weighted by molar-refractivity contribution is 0.0861. The number of hydrogen-bond acceptors (Lipinski definition) is 2. The quantitative estimate of drug-likeness (QED) is 0.898. The molecule has 1 heterocycles. The molecule has 2 nitrogen and oxygen atoms in total. The van der Waals surface area contributed by atoms with Gasteiger partial charge in [0.25, 0.3) is 0 Å². The molecule has 0 aliphatic carbocycles. The Balaban J connectivity index is 0.00000200. The van der Waals surface area contributed by atoms with Gasteiger partial charge in [-0.2, -0.15) is 0 Å². The van der Waals surface area contributed by atoms with Crippen molar-refractivity contribution in [2.75, 3.05) is 26.2 Å². The summed E-state index contributed by atoms with van der Waals surface area (Å²) in [5.41, 5.74) is 2.11. The zero-order valence-electron chi connectivity index (χ0n) is 12.9. The van der Waals surface area contributed by atoms with Crippen LogP contribution in [0.25, 0.3) is 0 Å². The molecule has 0 bridgehead atoms. The van der Waals surface area contributed by atoms with E-state index in [1.807, 2.05) is 19.1 Å². The first kappa shape index (κ1) is 17.4. The lowest BCUT2D eigenvalue weighted by Crippen LogP contribution is -2.48. The van der Waals surface area contributed by atoms with Gasteiger partial charge in [0.15, 0.2) is 0 Å². The molecule has 0 unspecified atom stereocenters. The zero-order valence-corrected chi connectivity index (χ0v) is 13.7. The second-order valence-electron chi connectivity index (χ2n) is 6.56. The SMILES string of the molecule is Cc1cc([C@H](N2CCNCC2)C(C)(C)C)ccc1F.Cl. The van der Waals surface area contributed by atoms with Crippen LogP contribution in [0.5, 0.6) is 0 Å². The maximum atomic E-state index is 13.5. The van der Waals surface area contributed by atoms with Crippen LogP contribution in [-0.4, -0.2) is 31.1 Å². The van der Waals surface area contributed by atoms with Crippen molar-refractivity contribution in [3.8, 4) is 0 Å². The second kappa shape index (κ2) is 6.88. The fourth-order valence-corrected chi connectivity index (χ4v) is 3.04. The van der Waals surface area contributed by atoms with Crippen LogP contribution in [0.4, 0.5) is 4.39 Å². The van der Waals surface area contributed by atoms with Crippen molar-refractivity contribution in [3.63, 3.8) is 0 Å². The van der Waals surface area contributed by atoms with E-state index in [1.165, 1.54) is 5.56 Å². The summed E-state index contributed by atoms with van der Waals surface area (Å²) >= 11 is 0. The fraction of sp³-hybridized carbons (Fsp3) is 0.625. The molecule has 0 aromatic heterocycles. The average Bonchev–Trinajstić information content (AvgIpc) is 2.34. The lowest BCUT2D eigenvalue weighted by Gasteiger charge is -2.42. The van der Waals surface area contributed by atoms with E-state index in [1.54, 1.807) is 6.07 Å². The molecule has 114 valence electrons. The Morgan fingerprint density at radius 1 is 1.20 bits per heavy atom. The van der Waals surface area contributed by atoms with Crippen molar-refractivity contribution >= 4 is 12.4 Å². The van der Waals surface area contributed by atoms with Crippen LogP contribution in [0, 0.1) is 18.2 Å². The van der Waals surface area contributed by atoms with Crippen molar-refractivity contribution in [1.29, 1.82) is 0 Å². The Labute approximate surface area is 128 Å². The molecule has 1 aromatic carbocycles. The van der Waals surface area contributed by atoms with E-state index in [2.05, 4.69) is 31.0 Å². The van der Waals surface area contributed by atoms with Gasteiger partial charge in [0.1, 0.15) is 5.82 Å². The molecule has 20 heavy (non-hydrogen) atoms. The predicted molar refractivity (Wildman–Crippen MR) is 85.0 cm³/mol. The van der Waals surface area contributed by atoms with Crippen LogP contribution in [0.1, 0.15) is 37.9 Å². The van der Waals surface area contributed by atoms with Gasteiger partial charge in [-0.1, -0.05) is 32.9 Å². The molecule has 1 saturated heterocycles. The molecule has 2 rings (SSSR count). The minimum atomic E-state index is -0.114. The summed E-state index contributed by atoms with van der Waals surface area (Å²) in [4.78, 5) is 2.52. The summed E-state index contributed by atoms with van der Waals surface area (Å²) in [6, 6.07) is 5.90. The molecule has 0 saturated carbocycles. The highest BCUT2D eigenvalue weighted by Crippen LogP contribution is 2.38. The van der Waals surface area contributed by atoms with Crippen LogP contribution >= 0.6 is 12.4 Å². The van der Waals surface area contributed by atoms with Crippen molar-refractivity contribution in [2.45, 2.75) is 33.7 Å². The largest absolute Gasteiger partial charge is 0.314 e. The first-order chi connectivity index (χ1) is 8.89. The monoisotopic (exact) mass is 300 g/mol. The number of nitrogens with one attached hydrogen (secondary N) is 1. The summed E-state index contributed by atoms with van der Waals surface area (Å²) in [5, 5.41) is 3.39. The van der Waals surface area contributed by atoms with Crippen molar-refractivity contribution in [1.82, 2.24) is 10.2 Å². The Morgan fingerprint density at radius 3 is 2.30 bits per heavy atom. The summed E-state index contributed by atoms with van der Waals surface area (Å²) in [6.07, 6.45) is 0. The van der Waals surface area contributed by atoms with E-state index < -0.39 is 0 Å². The van der Waals surface area contributed by atoms with Gasteiger partial charge >= 0.3 is 0 Å². The highest BCUT2D eigenvalue weighted by Gasteiger charge is 2.32. The van der Waals surface area contributed by atoms with Gasteiger partial charge in [-0.05, 0) is 29.5 Å². The second-order valence-corrected chi connectivity index (χ2v) is 6.56. The van der Waals surface area contributed by atoms with Crippen LogP contribution < -0.4 is 5.32 Å². The molecule has 1 fully saturated rings. The molecule has 1 aromatic rings. The normalized spacial score (nSPS) is 18.4. The number of benzene rings is 1. The summed E-state index contributed by atoms with van der Waals surface area (Å²) in [5.74, 6) is -0.114. The third kappa shape index (κ3) is 3.94. The lowest BCUT2D eigenvalue weighted by atomic mass is 9.80. The molecule has 4 heteroatoms. The first-order valence-electron chi connectivity index (χ1n) is 7.10. The van der Waals surface area contributed by atoms with Crippen LogP contribution in [0.2, 0.25) is 0 Å². The minimum Gasteiger partial charge on any atom is -0.314 e. The molecular formula is C16H26ClFN2. The molecule has 1 N–H and O–H groups in total. The number of nitrogens with zero attached hydrogens (tertiary/aromatic N) is 1. The zero-order chi connectivity index (χ0) is 14.0. The number of aryl methyl sites for hydroxylation is 1. The average molecular weight is 301 g/mol. The van der Waals surface area contributed by atoms with Gasteiger partial charge in [-0.3, -0.25) is 4.90 Å². The smallest absolute Gasteiger partial charge is 0.126 e. The van der Waals surface area contributed by atoms with E-state index in [0.717, 1.165) is 31.7 Å². The Hall–Kier alpha value is -0.640. The molecule has 0 radical (unpaired) electrons. The Morgan fingerprint density at radius 2 is 1.80 bits per heavy atom. The summed E-state index contributed by atoms with van der Waals surface area (Å²) in [7, 11) is 0. The molecular weight excluding hydrogens is 275 g/mol. The van der Waals surface area contributed by atoms with E-state index in [9.17, 15) is 4.39 Å². The van der Waals surface area contributed by atoms with Gasteiger partial charge in [-0.25, -0.2) is 4.39 Å². The topological polar surface area (TPSA) is 15.3 Å². The minimum absolute atomic E-state index is 0. The number of halogens is 2. The third-order valence-corrected chi connectivity index (χ3v) is 3.83. The van der Waals surface area contributed by atoms with Gasteiger partial charge in [-0.15, -0.1) is 12.4 Å². The van der Waals surface area contributed by atoms with E-state index >= 15 is 0 Å². The first-order valence-corrected chi connectivity index (χ1v) is 7.10. The van der Waals surface area contributed by atoms with Gasteiger partial charge in [0, 0.05) is 32.2 Å². The van der Waals surface area contributed by atoms with Crippen LogP contribution in [-0.2, 0) is 0 Å². The van der Waals surface area contributed by atoms with Crippen molar-refractivity contribution in [3.05, 3.63) is 35.1 Å². The molecule has 1 aliphatic heterocycles. The summed E-state index contributed by atoms with van der Waals surface area (Å²) < 4.78 is 13.5. The van der Waals surface area contributed by atoms with E-state index in [4.69, 9.17) is 0 Å². The van der Waals surface area contributed by atoms with Gasteiger partial charge < -0.3 is 5.32 Å². The number of rotatable bonds is 2. The predicted octanol–water partition coefficient (Wildman–Crippen LogP) is 3.55. The maximum absolute atomic E-state index is 13.5. The van der Waals surface area contributed by atoms with Crippen LogP contribution in [0.15, 0.2) is 18.2 Å². The van der Waals surface area contributed by atoms with Gasteiger partial charge in [0.2, 0.25) is 0 Å². The Kier molecular flexibility index (Phi) is 5.99. The highest BCUT2D eigenvalue weighted by molar-refractivity contribution is 5.85. The molecule has 1 aliphatic rings. The molecule has 0 spiro atoms. The third-order valence-electron chi connectivity index (χ3n) is 3.83. The molecule has 0 amide bonds. The van der Waals surface area contributed by atoms with Crippen molar-refractivity contribution < 1.29 is 4.39 Å². The maximum Gasteiger partial charge on any atom is 0.126 e. The number of piperazine rings is 1. The number of hydrogen-bond donors (Lipinski definition) is 1.